The second kappa shape index (κ2) is 8.36. The first-order chi connectivity index (χ1) is 14.5. The quantitative estimate of drug-likeness (QED) is 0.652. The van der Waals surface area contributed by atoms with Crippen molar-refractivity contribution in [2.24, 2.45) is 0 Å². The summed E-state index contributed by atoms with van der Waals surface area (Å²) in [7, 11) is 0. The molecule has 2 heterocycles. The third kappa shape index (κ3) is 4.17. The Kier molecular flexibility index (Phi) is 5.47. The van der Waals surface area contributed by atoms with Gasteiger partial charge in [0, 0.05) is 18.9 Å². The summed E-state index contributed by atoms with van der Waals surface area (Å²) < 4.78 is 10.8. The number of carbonyl (C=O) groups is 3. The highest BCUT2D eigenvalue weighted by atomic mass is 16.5. The van der Waals surface area contributed by atoms with E-state index in [1.165, 1.54) is 4.90 Å². The van der Waals surface area contributed by atoms with Gasteiger partial charge in [0.15, 0.2) is 18.1 Å². The maximum absolute atomic E-state index is 12.8. The first-order valence-electron chi connectivity index (χ1n) is 9.72. The molecule has 30 heavy (non-hydrogen) atoms. The molecule has 0 bridgehead atoms. The summed E-state index contributed by atoms with van der Waals surface area (Å²) in [5.41, 5.74) is 2.53. The molecule has 1 atom stereocenters. The van der Waals surface area contributed by atoms with Crippen LogP contribution in [-0.4, -0.2) is 35.4 Å². The van der Waals surface area contributed by atoms with Crippen LogP contribution in [0.2, 0.25) is 0 Å². The number of amides is 2. The van der Waals surface area contributed by atoms with E-state index < -0.39 is 12.6 Å². The minimum absolute atomic E-state index is 0.0479. The van der Waals surface area contributed by atoms with E-state index >= 15 is 0 Å². The summed E-state index contributed by atoms with van der Waals surface area (Å²) >= 11 is 0. The van der Waals surface area contributed by atoms with E-state index in [0.717, 1.165) is 5.52 Å². The Balaban J connectivity index is 1.36. The zero-order valence-electron chi connectivity index (χ0n) is 16.5. The van der Waals surface area contributed by atoms with Crippen LogP contribution in [0.5, 0.6) is 0 Å². The SMILES string of the molecule is C[C@H]1CC(=O)Nc2ccccc2N1C(=O)COC(=O)CCc1nc2ccccc2o1. The number of nitrogens with one attached hydrogen (secondary N) is 1. The zero-order chi connectivity index (χ0) is 21.1. The average Bonchev–Trinajstić information content (AvgIpc) is 3.09. The molecule has 2 aromatic carbocycles. The number of esters is 1. The van der Waals surface area contributed by atoms with E-state index in [4.69, 9.17) is 9.15 Å². The molecule has 0 aliphatic carbocycles. The van der Waals surface area contributed by atoms with E-state index in [0.29, 0.717) is 22.8 Å². The standard InChI is InChI=1S/C22H21N3O5/c1-14-12-19(26)23-15-6-2-4-8-17(15)25(14)21(27)13-29-22(28)11-10-20-24-16-7-3-5-9-18(16)30-20/h2-9,14H,10-13H2,1H3,(H,23,26)/t14-/m0/s1. The highest BCUT2D eigenvalue weighted by molar-refractivity contribution is 6.05. The molecule has 4 rings (SSSR count). The number of aromatic nitrogens is 1. The molecular weight excluding hydrogens is 386 g/mol. The second-order valence-corrected chi connectivity index (χ2v) is 7.12. The van der Waals surface area contributed by atoms with Gasteiger partial charge in [-0.3, -0.25) is 14.4 Å². The lowest BCUT2D eigenvalue weighted by molar-refractivity contribution is -0.148. The molecule has 0 saturated carbocycles. The van der Waals surface area contributed by atoms with Gasteiger partial charge in [-0.15, -0.1) is 0 Å². The monoisotopic (exact) mass is 407 g/mol. The number of aryl methyl sites for hydroxylation is 1. The number of para-hydroxylation sites is 4. The molecule has 8 heteroatoms. The third-order valence-electron chi connectivity index (χ3n) is 4.87. The number of nitrogens with zero attached hydrogens (tertiary/aromatic N) is 2. The van der Waals surface area contributed by atoms with E-state index in [1.54, 1.807) is 31.2 Å². The molecule has 1 aromatic heterocycles. The molecule has 0 radical (unpaired) electrons. The minimum atomic E-state index is -0.518. The van der Waals surface area contributed by atoms with Gasteiger partial charge in [0.1, 0.15) is 5.52 Å². The Morgan fingerprint density at radius 3 is 2.80 bits per heavy atom. The molecule has 0 unspecified atom stereocenters. The van der Waals surface area contributed by atoms with Gasteiger partial charge < -0.3 is 19.4 Å². The topological polar surface area (TPSA) is 102 Å². The van der Waals surface area contributed by atoms with Crippen molar-refractivity contribution in [3.63, 3.8) is 0 Å². The molecule has 2 amide bonds. The van der Waals surface area contributed by atoms with Crippen molar-refractivity contribution in [3.8, 4) is 0 Å². The van der Waals surface area contributed by atoms with Gasteiger partial charge in [-0.1, -0.05) is 24.3 Å². The number of hydrogen-bond donors (Lipinski definition) is 1. The van der Waals surface area contributed by atoms with Crippen molar-refractivity contribution in [1.82, 2.24) is 4.98 Å². The summed E-state index contributed by atoms with van der Waals surface area (Å²) in [6.45, 7) is 1.38. The summed E-state index contributed by atoms with van der Waals surface area (Å²) in [4.78, 5) is 42.8. The lowest BCUT2D eigenvalue weighted by Crippen LogP contribution is -2.41. The lowest BCUT2D eigenvalue weighted by atomic mass is 10.1. The number of benzene rings is 2. The number of rotatable bonds is 5. The predicted molar refractivity (Wildman–Crippen MR) is 110 cm³/mol. The molecule has 3 aromatic rings. The van der Waals surface area contributed by atoms with Crippen molar-refractivity contribution in [1.29, 1.82) is 0 Å². The zero-order valence-corrected chi connectivity index (χ0v) is 16.5. The van der Waals surface area contributed by atoms with Gasteiger partial charge in [-0.25, -0.2) is 4.98 Å². The Labute approximate surface area is 172 Å². The molecule has 0 saturated heterocycles. The Morgan fingerprint density at radius 2 is 1.97 bits per heavy atom. The Bertz CT molecular complexity index is 1070. The molecule has 1 N–H and O–H groups in total. The molecule has 0 fully saturated rings. The third-order valence-corrected chi connectivity index (χ3v) is 4.87. The summed E-state index contributed by atoms with van der Waals surface area (Å²) in [5.74, 6) is -0.628. The van der Waals surface area contributed by atoms with Crippen LogP contribution < -0.4 is 10.2 Å². The van der Waals surface area contributed by atoms with Crippen LogP contribution in [0.3, 0.4) is 0 Å². The van der Waals surface area contributed by atoms with Crippen molar-refractivity contribution >= 4 is 40.3 Å². The van der Waals surface area contributed by atoms with Gasteiger partial charge in [-0.05, 0) is 31.2 Å². The number of ether oxygens (including phenoxy) is 1. The molecule has 1 aliphatic rings. The van der Waals surface area contributed by atoms with Crippen LogP contribution in [0.4, 0.5) is 11.4 Å². The lowest BCUT2D eigenvalue weighted by Gasteiger charge is -2.27. The van der Waals surface area contributed by atoms with Crippen LogP contribution in [0, 0.1) is 0 Å². The summed E-state index contributed by atoms with van der Waals surface area (Å²) in [6.07, 6.45) is 0.488. The number of anilines is 2. The highest BCUT2D eigenvalue weighted by Crippen LogP contribution is 2.31. The van der Waals surface area contributed by atoms with E-state index in [9.17, 15) is 14.4 Å². The van der Waals surface area contributed by atoms with E-state index in [-0.39, 0.29) is 37.1 Å². The number of oxazole rings is 1. The fraction of sp³-hybridized carbons (Fsp3) is 0.273. The fourth-order valence-electron chi connectivity index (χ4n) is 3.49. The van der Waals surface area contributed by atoms with E-state index in [1.807, 2.05) is 24.3 Å². The van der Waals surface area contributed by atoms with Crippen molar-refractivity contribution < 1.29 is 23.5 Å². The summed E-state index contributed by atoms with van der Waals surface area (Å²) in [6, 6.07) is 14.0. The van der Waals surface area contributed by atoms with Crippen molar-refractivity contribution in [2.75, 3.05) is 16.8 Å². The molecule has 1 aliphatic heterocycles. The first kappa shape index (κ1) is 19.6. The van der Waals surface area contributed by atoms with Crippen LogP contribution in [0.25, 0.3) is 11.1 Å². The van der Waals surface area contributed by atoms with Crippen LogP contribution in [0.1, 0.15) is 25.7 Å². The smallest absolute Gasteiger partial charge is 0.306 e. The van der Waals surface area contributed by atoms with Crippen molar-refractivity contribution in [3.05, 3.63) is 54.4 Å². The number of hydrogen-bond acceptors (Lipinski definition) is 6. The minimum Gasteiger partial charge on any atom is -0.456 e. The molecular formula is C22H21N3O5. The highest BCUT2D eigenvalue weighted by Gasteiger charge is 2.30. The van der Waals surface area contributed by atoms with Crippen LogP contribution >= 0.6 is 0 Å². The van der Waals surface area contributed by atoms with Crippen LogP contribution in [-0.2, 0) is 25.5 Å². The second-order valence-electron chi connectivity index (χ2n) is 7.12. The van der Waals surface area contributed by atoms with Crippen LogP contribution in [0.15, 0.2) is 52.9 Å². The fourth-order valence-corrected chi connectivity index (χ4v) is 3.49. The normalized spacial score (nSPS) is 16.0. The predicted octanol–water partition coefficient (Wildman–Crippen LogP) is 3.07. The van der Waals surface area contributed by atoms with Gasteiger partial charge in [0.05, 0.1) is 17.8 Å². The molecule has 154 valence electrons. The largest absolute Gasteiger partial charge is 0.456 e. The number of fused-ring (bicyclic) bond motifs is 2. The first-order valence-corrected chi connectivity index (χ1v) is 9.72. The average molecular weight is 407 g/mol. The van der Waals surface area contributed by atoms with Crippen molar-refractivity contribution in [2.45, 2.75) is 32.2 Å². The maximum atomic E-state index is 12.8. The summed E-state index contributed by atoms with van der Waals surface area (Å²) in [5, 5.41) is 2.79. The van der Waals surface area contributed by atoms with Gasteiger partial charge in [0.25, 0.3) is 5.91 Å². The molecule has 0 spiro atoms. The number of carbonyl (C=O) groups excluding carboxylic acids is 3. The molecule has 8 nitrogen and oxygen atoms in total. The van der Waals surface area contributed by atoms with Gasteiger partial charge in [-0.2, -0.15) is 0 Å². The Hall–Kier alpha value is -3.68. The van der Waals surface area contributed by atoms with E-state index in [2.05, 4.69) is 10.3 Å². The Morgan fingerprint density at radius 1 is 1.20 bits per heavy atom. The van der Waals surface area contributed by atoms with Gasteiger partial charge >= 0.3 is 5.97 Å². The maximum Gasteiger partial charge on any atom is 0.306 e. The van der Waals surface area contributed by atoms with Gasteiger partial charge in [0.2, 0.25) is 5.91 Å².